The number of anilines is 1. The van der Waals surface area contributed by atoms with Crippen molar-refractivity contribution >= 4 is 29.1 Å². The molecule has 1 saturated heterocycles. The van der Waals surface area contributed by atoms with Crippen molar-refractivity contribution in [3.63, 3.8) is 0 Å². The number of benzene rings is 3. The van der Waals surface area contributed by atoms with E-state index in [9.17, 15) is 9.59 Å². The molecule has 1 N–H and O–H groups in total. The second-order valence-electron chi connectivity index (χ2n) is 8.20. The molecule has 7 heteroatoms. The number of piperidine rings is 1. The quantitative estimate of drug-likeness (QED) is 0.492. The van der Waals surface area contributed by atoms with Crippen LogP contribution in [-0.4, -0.2) is 36.9 Å². The van der Waals surface area contributed by atoms with E-state index in [-0.39, 0.29) is 17.7 Å². The first kappa shape index (κ1) is 23.6. The van der Waals surface area contributed by atoms with Gasteiger partial charge in [-0.2, -0.15) is 0 Å². The zero-order valence-electron chi connectivity index (χ0n) is 19.0. The molecule has 0 aliphatic carbocycles. The predicted octanol–water partition coefficient (Wildman–Crippen LogP) is 5.42. The summed E-state index contributed by atoms with van der Waals surface area (Å²) in [5.41, 5.74) is 2.18. The third-order valence-electron chi connectivity index (χ3n) is 5.89. The maximum Gasteiger partial charge on any atom is 0.253 e. The first-order valence-corrected chi connectivity index (χ1v) is 11.6. The van der Waals surface area contributed by atoms with E-state index in [1.54, 1.807) is 24.1 Å². The number of halogens is 1. The van der Waals surface area contributed by atoms with E-state index in [1.807, 2.05) is 60.7 Å². The molecule has 0 bridgehead atoms. The monoisotopic (exact) mass is 478 g/mol. The zero-order chi connectivity index (χ0) is 23.9. The highest BCUT2D eigenvalue weighted by atomic mass is 35.5. The average molecular weight is 479 g/mol. The van der Waals surface area contributed by atoms with Crippen molar-refractivity contribution in [2.24, 2.45) is 5.92 Å². The number of para-hydroxylation sites is 2. The summed E-state index contributed by atoms with van der Waals surface area (Å²) in [4.78, 5) is 27.6. The fourth-order valence-corrected chi connectivity index (χ4v) is 4.24. The summed E-state index contributed by atoms with van der Waals surface area (Å²) >= 11 is 6.03. The molecule has 6 nitrogen and oxygen atoms in total. The minimum atomic E-state index is -0.152. The van der Waals surface area contributed by atoms with Crippen LogP contribution in [0.25, 0.3) is 0 Å². The zero-order valence-corrected chi connectivity index (χ0v) is 19.8. The predicted molar refractivity (Wildman–Crippen MR) is 132 cm³/mol. The first-order valence-electron chi connectivity index (χ1n) is 11.2. The molecule has 0 saturated carbocycles. The van der Waals surface area contributed by atoms with Crippen molar-refractivity contribution in [3.8, 4) is 11.5 Å². The smallest absolute Gasteiger partial charge is 0.253 e. The van der Waals surface area contributed by atoms with Gasteiger partial charge in [0.2, 0.25) is 5.91 Å². The van der Waals surface area contributed by atoms with Gasteiger partial charge in [0.15, 0.2) is 0 Å². The largest absolute Gasteiger partial charge is 0.495 e. The summed E-state index contributed by atoms with van der Waals surface area (Å²) in [6, 6.07) is 22.0. The van der Waals surface area contributed by atoms with E-state index in [4.69, 9.17) is 21.1 Å². The fraction of sp³-hybridized carbons (Fsp3) is 0.259. The number of carbonyl (C=O) groups excluding carboxylic acids is 2. The highest BCUT2D eigenvalue weighted by molar-refractivity contribution is 6.30. The SMILES string of the molecule is COc1ccccc1NC(=O)C1CCN(C(=O)c2cccc(OCc3cccc(Cl)c3)c2)CC1. The maximum atomic E-state index is 13.1. The number of rotatable bonds is 7. The van der Waals surface area contributed by atoms with Crippen LogP contribution in [0.4, 0.5) is 5.69 Å². The van der Waals surface area contributed by atoms with Gasteiger partial charge in [0.1, 0.15) is 18.1 Å². The van der Waals surface area contributed by atoms with Crippen LogP contribution in [0.5, 0.6) is 11.5 Å². The van der Waals surface area contributed by atoms with E-state index in [1.165, 1.54) is 0 Å². The summed E-state index contributed by atoms with van der Waals surface area (Å²) in [7, 11) is 1.58. The van der Waals surface area contributed by atoms with E-state index >= 15 is 0 Å². The molecule has 0 spiro atoms. The van der Waals surface area contributed by atoms with Gasteiger partial charge in [-0.3, -0.25) is 9.59 Å². The second kappa shape index (κ2) is 11.1. The van der Waals surface area contributed by atoms with Gasteiger partial charge in [0.25, 0.3) is 5.91 Å². The molecule has 2 amide bonds. The number of nitrogens with zero attached hydrogens (tertiary/aromatic N) is 1. The third-order valence-corrected chi connectivity index (χ3v) is 6.13. The van der Waals surface area contributed by atoms with Crippen LogP contribution < -0.4 is 14.8 Å². The Morgan fingerprint density at radius 1 is 1.00 bits per heavy atom. The summed E-state index contributed by atoms with van der Waals surface area (Å²) in [5.74, 6) is 0.990. The van der Waals surface area contributed by atoms with Crippen molar-refractivity contribution < 1.29 is 19.1 Å². The average Bonchev–Trinajstić information content (AvgIpc) is 2.87. The lowest BCUT2D eigenvalue weighted by atomic mass is 9.95. The normalized spacial score (nSPS) is 13.9. The molecule has 1 aliphatic heterocycles. The molecular weight excluding hydrogens is 452 g/mol. The number of ether oxygens (including phenoxy) is 2. The molecule has 0 unspecified atom stereocenters. The lowest BCUT2D eigenvalue weighted by Crippen LogP contribution is -2.41. The van der Waals surface area contributed by atoms with Crippen molar-refractivity contribution in [2.45, 2.75) is 19.4 Å². The van der Waals surface area contributed by atoms with Crippen LogP contribution in [0, 0.1) is 5.92 Å². The molecule has 1 aliphatic rings. The van der Waals surface area contributed by atoms with E-state index < -0.39 is 0 Å². The van der Waals surface area contributed by atoms with Crippen LogP contribution >= 0.6 is 11.6 Å². The van der Waals surface area contributed by atoms with Gasteiger partial charge in [-0.15, -0.1) is 0 Å². The standard InChI is InChI=1S/C27H27ClN2O4/c1-33-25-11-3-2-10-24(25)29-26(31)20-12-14-30(15-13-20)27(32)21-7-5-9-23(17-21)34-18-19-6-4-8-22(28)16-19/h2-11,16-17,20H,12-15,18H2,1H3,(H,29,31). The molecule has 0 radical (unpaired) electrons. The Balaban J connectivity index is 1.31. The first-order chi connectivity index (χ1) is 16.5. The molecule has 4 rings (SSSR count). The molecule has 0 aromatic heterocycles. The Kier molecular flexibility index (Phi) is 7.70. The van der Waals surface area contributed by atoms with Gasteiger partial charge in [0.05, 0.1) is 12.8 Å². The number of nitrogens with one attached hydrogen (secondary N) is 1. The van der Waals surface area contributed by atoms with Gasteiger partial charge >= 0.3 is 0 Å². The van der Waals surface area contributed by atoms with E-state index in [0.717, 1.165) is 5.56 Å². The molecule has 34 heavy (non-hydrogen) atoms. The lowest BCUT2D eigenvalue weighted by molar-refractivity contribution is -0.121. The Bertz CT molecular complexity index is 1160. The highest BCUT2D eigenvalue weighted by Gasteiger charge is 2.28. The Morgan fingerprint density at radius 2 is 1.76 bits per heavy atom. The van der Waals surface area contributed by atoms with Crippen LogP contribution in [0.15, 0.2) is 72.8 Å². The number of hydrogen-bond acceptors (Lipinski definition) is 4. The van der Waals surface area contributed by atoms with E-state index in [2.05, 4.69) is 5.32 Å². The van der Waals surface area contributed by atoms with Crippen molar-refractivity contribution in [1.82, 2.24) is 4.90 Å². The summed E-state index contributed by atoms with van der Waals surface area (Å²) < 4.78 is 11.2. The molecule has 1 fully saturated rings. The number of carbonyl (C=O) groups is 2. The van der Waals surface area contributed by atoms with Crippen LogP contribution in [0.2, 0.25) is 5.02 Å². The number of hydrogen-bond donors (Lipinski definition) is 1. The Labute approximate surface area is 204 Å². The highest BCUT2D eigenvalue weighted by Crippen LogP contribution is 2.26. The summed E-state index contributed by atoms with van der Waals surface area (Å²) in [6.45, 7) is 1.41. The van der Waals surface area contributed by atoms with E-state index in [0.29, 0.717) is 60.3 Å². The van der Waals surface area contributed by atoms with Crippen LogP contribution in [-0.2, 0) is 11.4 Å². The summed E-state index contributed by atoms with van der Waals surface area (Å²) in [6.07, 6.45) is 1.22. The van der Waals surface area contributed by atoms with Crippen molar-refractivity contribution in [1.29, 1.82) is 0 Å². The van der Waals surface area contributed by atoms with Gasteiger partial charge in [-0.05, 0) is 60.9 Å². The van der Waals surface area contributed by atoms with Gasteiger partial charge in [-0.25, -0.2) is 0 Å². The molecular formula is C27H27ClN2O4. The molecule has 0 atom stereocenters. The van der Waals surface area contributed by atoms with Gasteiger partial charge < -0.3 is 19.7 Å². The molecule has 3 aromatic carbocycles. The topological polar surface area (TPSA) is 67.9 Å². The molecule has 176 valence electrons. The van der Waals surface area contributed by atoms with Crippen LogP contribution in [0.3, 0.4) is 0 Å². The van der Waals surface area contributed by atoms with Crippen LogP contribution in [0.1, 0.15) is 28.8 Å². The number of methoxy groups -OCH3 is 1. The lowest BCUT2D eigenvalue weighted by Gasteiger charge is -2.31. The Morgan fingerprint density at radius 3 is 2.53 bits per heavy atom. The maximum absolute atomic E-state index is 13.1. The van der Waals surface area contributed by atoms with Gasteiger partial charge in [-0.1, -0.05) is 41.9 Å². The van der Waals surface area contributed by atoms with Gasteiger partial charge in [0, 0.05) is 29.6 Å². The fourth-order valence-electron chi connectivity index (χ4n) is 4.02. The minimum Gasteiger partial charge on any atom is -0.495 e. The number of likely N-dealkylation sites (tertiary alicyclic amines) is 1. The van der Waals surface area contributed by atoms with Crippen molar-refractivity contribution in [2.75, 3.05) is 25.5 Å². The molecule has 3 aromatic rings. The Hall–Kier alpha value is -3.51. The van der Waals surface area contributed by atoms with Crippen molar-refractivity contribution in [3.05, 3.63) is 88.9 Å². The third kappa shape index (κ3) is 5.88. The minimum absolute atomic E-state index is 0.0481. The summed E-state index contributed by atoms with van der Waals surface area (Å²) in [5, 5.41) is 3.61. The number of amides is 2. The second-order valence-corrected chi connectivity index (χ2v) is 8.64. The molecule has 1 heterocycles.